The number of aryl methyl sites for hydroxylation is 1. The number of anilines is 2. The molecule has 0 saturated carbocycles. The van der Waals surface area contributed by atoms with Crippen LogP contribution >= 0.6 is 11.3 Å². The first-order valence-corrected chi connectivity index (χ1v) is 9.27. The van der Waals surface area contributed by atoms with E-state index in [1.54, 1.807) is 18.5 Å². The maximum absolute atomic E-state index is 12.0. The van der Waals surface area contributed by atoms with Crippen molar-refractivity contribution in [2.45, 2.75) is 25.7 Å². The summed E-state index contributed by atoms with van der Waals surface area (Å²) in [5.74, 6) is -1.19. The van der Waals surface area contributed by atoms with Gasteiger partial charge in [-0.15, -0.1) is 11.3 Å². The monoisotopic (exact) mass is 389 g/mol. The molecular weight excluding hydrogens is 370 g/mol. The SMILES string of the molecule is NC(=O)c1c(NC(=O)COC(=O)CCNc2ncccn2)sc2c1CCC2. The predicted octanol–water partition coefficient (Wildman–Crippen LogP) is 1.11. The average Bonchev–Trinajstić information content (AvgIpc) is 3.21. The molecule has 0 bridgehead atoms. The maximum Gasteiger partial charge on any atom is 0.308 e. The molecule has 27 heavy (non-hydrogen) atoms. The van der Waals surface area contributed by atoms with E-state index in [2.05, 4.69) is 20.6 Å². The number of rotatable bonds is 8. The molecule has 0 atom stereocenters. The molecule has 9 nitrogen and oxygen atoms in total. The van der Waals surface area contributed by atoms with Crippen molar-refractivity contribution in [3.05, 3.63) is 34.5 Å². The van der Waals surface area contributed by atoms with E-state index < -0.39 is 24.4 Å². The fraction of sp³-hybridized carbons (Fsp3) is 0.353. The normalized spacial score (nSPS) is 12.3. The number of primary amides is 1. The third-order valence-electron chi connectivity index (χ3n) is 3.96. The summed E-state index contributed by atoms with van der Waals surface area (Å²) in [5.41, 5.74) is 6.75. The van der Waals surface area contributed by atoms with Crippen molar-refractivity contribution in [2.24, 2.45) is 5.73 Å². The first-order valence-electron chi connectivity index (χ1n) is 8.45. The fourth-order valence-electron chi connectivity index (χ4n) is 2.80. The number of amides is 2. The lowest BCUT2D eigenvalue weighted by molar-refractivity contribution is -0.147. The van der Waals surface area contributed by atoms with E-state index >= 15 is 0 Å². The van der Waals surface area contributed by atoms with Crippen molar-refractivity contribution in [3.63, 3.8) is 0 Å². The molecule has 0 aromatic carbocycles. The Morgan fingerprint density at radius 2 is 2.00 bits per heavy atom. The molecule has 2 aromatic heterocycles. The topological polar surface area (TPSA) is 136 Å². The Bertz CT molecular complexity index is 853. The minimum Gasteiger partial charge on any atom is -0.456 e. The van der Waals surface area contributed by atoms with Crippen LogP contribution in [0.1, 0.15) is 33.6 Å². The minimum absolute atomic E-state index is 0.0609. The molecule has 0 saturated heterocycles. The highest BCUT2D eigenvalue weighted by Crippen LogP contribution is 2.38. The molecule has 10 heteroatoms. The number of nitrogens with one attached hydrogen (secondary N) is 2. The average molecular weight is 389 g/mol. The summed E-state index contributed by atoms with van der Waals surface area (Å²) in [5, 5.41) is 5.92. The van der Waals surface area contributed by atoms with E-state index in [4.69, 9.17) is 10.5 Å². The second kappa shape index (κ2) is 8.58. The fourth-order valence-corrected chi connectivity index (χ4v) is 4.11. The Hall–Kier alpha value is -3.01. The first-order chi connectivity index (χ1) is 13.0. The third kappa shape index (κ3) is 4.79. The number of nitrogens with zero attached hydrogens (tertiary/aromatic N) is 2. The van der Waals surface area contributed by atoms with Gasteiger partial charge in [0.1, 0.15) is 5.00 Å². The lowest BCUT2D eigenvalue weighted by Crippen LogP contribution is -2.23. The van der Waals surface area contributed by atoms with Crippen molar-refractivity contribution in [1.29, 1.82) is 0 Å². The number of ether oxygens (including phenoxy) is 1. The highest BCUT2D eigenvalue weighted by atomic mass is 32.1. The van der Waals surface area contributed by atoms with Gasteiger partial charge in [0.25, 0.3) is 11.8 Å². The summed E-state index contributed by atoms with van der Waals surface area (Å²) in [6.07, 6.45) is 5.87. The van der Waals surface area contributed by atoms with E-state index in [-0.39, 0.29) is 13.0 Å². The van der Waals surface area contributed by atoms with Crippen LogP contribution in [0.15, 0.2) is 18.5 Å². The van der Waals surface area contributed by atoms with E-state index in [1.807, 2.05) is 0 Å². The summed E-state index contributed by atoms with van der Waals surface area (Å²) in [6, 6.07) is 1.68. The van der Waals surface area contributed by atoms with E-state index in [1.165, 1.54) is 11.3 Å². The smallest absolute Gasteiger partial charge is 0.308 e. The molecule has 2 aromatic rings. The molecule has 3 rings (SSSR count). The molecule has 1 aliphatic carbocycles. The quantitative estimate of drug-likeness (QED) is 0.575. The van der Waals surface area contributed by atoms with Crippen LogP contribution in [0.25, 0.3) is 0 Å². The van der Waals surface area contributed by atoms with Crippen LogP contribution in [0.3, 0.4) is 0 Å². The number of hydrogen-bond acceptors (Lipinski definition) is 8. The van der Waals surface area contributed by atoms with Crippen LogP contribution in [-0.2, 0) is 27.2 Å². The second-order valence-electron chi connectivity index (χ2n) is 5.88. The second-order valence-corrected chi connectivity index (χ2v) is 6.99. The zero-order valence-corrected chi connectivity index (χ0v) is 15.3. The van der Waals surface area contributed by atoms with E-state index in [0.717, 1.165) is 29.7 Å². The van der Waals surface area contributed by atoms with Crippen LogP contribution in [0, 0.1) is 0 Å². The number of esters is 1. The van der Waals surface area contributed by atoms with Gasteiger partial charge >= 0.3 is 5.97 Å². The molecular formula is C17H19N5O4S. The number of hydrogen-bond donors (Lipinski definition) is 3. The van der Waals surface area contributed by atoms with Crippen LogP contribution in [0.4, 0.5) is 10.9 Å². The largest absolute Gasteiger partial charge is 0.456 e. The maximum atomic E-state index is 12.0. The number of fused-ring (bicyclic) bond motifs is 1. The summed E-state index contributed by atoms with van der Waals surface area (Å²) in [7, 11) is 0. The van der Waals surface area contributed by atoms with Crippen molar-refractivity contribution in [2.75, 3.05) is 23.8 Å². The molecule has 142 valence electrons. The Morgan fingerprint density at radius 3 is 2.74 bits per heavy atom. The minimum atomic E-state index is -0.559. The number of aromatic nitrogens is 2. The van der Waals surface area contributed by atoms with Crippen LogP contribution in [-0.4, -0.2) is 40.9 Å². The first kappa shape index (κ1) is 18.8. The highest BCUT2D eigenvalue weighted by molar-refractivity contribution is 7.17. The predicted molar refractivity (Wildman–Crippen MR) is 99.6 cm³/mol. The van der Waals surface area contributed by atoms with Gasteiger partial charge in [-0.2, -0.15) is 0 Å². The number of thiophene rings is 1. The Kier molecular flexibility index (Phi) is 5.97. The summed E-state index contributed by atoms with van der Waals surface area (Å²) < 4.78 is 4.95. The summed E-state index contributed by atoms with van der Waals surface area (Å²) >= 11 is 1.35. The lowest BCUT2D eigenvalue weighted by atomic mass is 10.1. The van der Waals surface area contributed by atoms with Gasteiger partial charge in [0, 0.05) is 23.8 Å². The molecule has 0 unspecified atom stereocenters. The Labute approximate surface area is 159 Å². The molecule has 4 N–H and O–H groups in total. The van der Waals surface area contributed by atoms with Gasteiger partial charge in [-0.3, -0.25) is 14.4 Å². The summed E-state index contributed by atoms with van der Waals surface area (Å²) in [6.45, 7) is -0.143. The number of carbonyl (C=O) groups excluding carboxylic acids is 3. The molecule has 0 spiro atoms. The van der Waals surface area contributed by atoms with Crippen LogP contribution in [0.2, 0.25) is 0 Å². The molecule has 2 amide bonds. The van der Waals surface area contributed by atoms with Gasteiger partial charge in [-0.1, -0.05) is 0 Å². The van der Waals surface area contributed by atoms with E-state index in [0.29, 0.717) is 16.5 Å². The molecule has 0 radical (unpaired) electrons. The molecule has 0 aliphatic heterocycles. The van der Waals surface area contributed by atoms with Crippen molar-refractivity contribution in [1.82, 2.24) is 9.97 Å². The van der Waals surface area contributed by atoms with Crippen molar-refractivity contribution < 1.29 is 19.1 Å². The zero-order chi connectivity index (χ0) is 19.2. The van der Waals surface area contributed by atoms with Gasteiger partial charge in [-0.25, -0.2) is 9.97 Å². The van der Waals surface area contributed by atoms with Gasteiger partial charge in [-0.05, 0) is 30.9 Å². The van der Waals surface area contributed by atoms with Crippen LogP contribution < -0.4 is 16.4 Å². The highest BCUT2D eigenvalue weighted by Gasteiger charge is 2.26. The molecule has 2 heterocycles. The number of carbonyl (C=O) groups is 3. The Morgan fingerprint density at radius 1 is 1.22 bits per heavy atom. The van der Waals surface area contributed by atoms with E-state index in [9.17, 15) is 14.4 Å². The standard InChI is InChI=1S/C17H19N5O4S/c18-15(25)14-10-3-1-4-11(10)27-16(14)22-12(23)9-26-13(24)5-8-21-17-19-6-2-7-20-17/h2,6-7H,1,3-5,8-9H2,(H2,18,25)(H,22,23)(H,19,20,21). The molecule has 1 aliphatic rings. The number of nitrogens with two attached hydrogens (primary N) is 1. The third-order valence-corrected chi connectivity index (χ3v) is 5.17. The van der Waals surface area contributed by atoms with Gasteiger partial charge < -0.3 is 21.1 Å². The van der Waals surface area contributed by atoms with Crippen molar-refractivity contribution >= 4 is 40.1 Å². The van der Waals surface area contributed by atoms with Gasteiger partial charge in [0.2, 0.25) is 5.95 Å². The van der Waals surface area contributed by atoms with Gasteiger partial charge in [0.15, 0.2) is 6.61 Å². The van der Waals surface area contributed by atoms with Crippen LogP contribution in [0.5, 0.6) is 0 Å². The Balaban J connectivity index is 1.45. The van der Waals surface area contributed by atoms with Crippen molar-refractivity contribution in [3.8, 4) is 0 Å². The zero-order valence-electron chi connectivity index (χ0n) is 14.5. The summed E-state index contributed by atoms with van der Waals surface area (Å²) in [4.78, 5) is 44.5. The lowest BCUT2D eigenvalue weighted by Gasteiger charge is -2.07. The van der Waals surface area contributed by atoms with Gasteiger partial charge in [0.05, 0.1) is 12.0 Å². The molecule has 0 fully saturated rings.